The fourth-order valence-electron chi connectivity index (χ4n) is 3.78. The van der Waals surface area contributed by atoms with Crippen LogP contribution in [0, 0.1) is 24.2 Å². The van der Waals surface area contributed by atoms with E-state index in [-0.39, 0.29) is 18.4 Å². The predicted molar refractivity (Wildman–Crippen MR) is 108 cm³/mol. The van der Waals surface area contributed by atoms with Gasteiger partial charge in [-0.1, -0.05) is 6.92 Å². The highest BCUT2D eigenvalue weighted by molar-refractivity contribution is 7.09. The monoisotopic (exact) mass is 395 g/mol. The maximum absolute atomic E-state index is 12.2. The lowest BCUT2D eigenvalue weighted by Gasteiger charge is -2.37. The molecule has 9 heteroatoms. The number of aromatic nitrogens is 4. The largest absolute Gasteiger partial charge is 0.379 e. The van der Waals surface area contributed by atoms with E-state index >= 15 is 0 Å². The number of nitrogens with one attached hydrogen (secondary N) is 2. The number of amides is 1. The number of rotatable bonds is 4. The third-order valence-electron chi connectivity index (χ3n) is 4.94. The maximum Gasteiger partial charge on any atom is 0.236 e. The number of carbonyl (C=O) groups excluding carboxylic acids is 1. The maximum atomic E-state index is 12.2. The molecule has 0 aliphatic carbocycles. The topological polar surface area (TPSA) is 111 Å². The summed E-state index contributed by atoms with van der Waals surface area (Å²) in [5, 5.41) is 14.3. The second-order valence-corrected chi connectivity index (χ2v) is 8.00. The SMILES string of the molecule is Cc1nsc(-c2cnc3[nH]ccc3c2N[C@@H]2C[C@H](C)CN(C(=O)CC#N)C2)n1. The molecule has 2 N–H and O–H groups in total. The molecule has 1 aliphatic heterocycles. The molecule has 2 atom stereocenters. The fraction of sp³-hybridized carbons (Fsp3) is 0.421. The minimum Gasteiger partial charge on any atom is -0.379 e. The van der Waals surface area contributed by atoms with Crippen LogP contribution in [0.2, 0.25) is 0 Å². The molecule has 1 fully saturated rings. The molecule has 28 heavy (non-hydrogen) atoms. The highest BCUT2D eigenvalue weighted by Gasteiger charge is 2.29. The summed E-state index contributed by atoms with van der Waals surface area (Å²) < 4.78 is 4.30. The third-order valence-corrected chi connectivity index (χ3v) is 5.78. The molecule has 0 radical (unpaired) electrons. The van der Waals surface area contributed by atoms with Crippen LogP contribution in [0.5, 0.6) is 0 Å². The number of hydrogen-bond acceptors (Lipinski definition) is 7. The minimum atomic E-state index is -0.109. The normalized spacial score (nSPS) is 19.5. The molecule has 3 aromatic heterocycles. The van der Waals surface area contributed by atoms with E-state index in [0.717, 1.165) is 39.5 Å². The van der Waals surface area contributed by atoms with Crippen LogP contribution in [-0.2, 0) is 4.79 Å². The van der Waals surface area contributed by atoms with Crippen LogP contribution in [0.25, 0.3) is 21.6 Å². The summed E-state index contributed by atoms with van der Waals surface area (Å²) in [5.41, 5.74) is 2.66. The lowest BCUT2D eigenvalue weighted by molar-refractivity contribution is -0.132. The standard InChI is InChI=1S/C19H21N7OS/c1-11-7-13(10-26(9-11)16(27)3-5-20)24-17-14-4-6-21-18(14)22-8-15(17)19-23-12(2)25-28-19/h4,6,8,11,13H,3,7,9-10H2,1-2H3,(H2,21,22,24)/t11-,13+/m0/s1. The Kier molecular flexibility index (Phi) is 4.96. The van der Waals surface area contributed by atoms with Crippen molar-refractivity contribution in [3.8, 4) is 16.6 Å². The number of carbonyl (C=O) groups is 1. The number of piperidine rings is 1. The number of fused-ring (bicyclic) bond motifs is 1. The molecule has 8 nitrogen and oxygen atoms in total. The van der Waals surface area contributed by atoms with Gasteiger partial charge < -0.3 is 15.2 Å². The van der Waals surface area contributed by atoms with Gasteiger partial charge in [0.1, 0.15) is 22.9 Å². The molecule has 1 amide bonds. The Balaban J connectivity index is 1.67. The highest BCUT2D eigenvalue weighted by Crippen LogP contribution is 2.35. The average molecular weight is 395 g/mol. The Morgan fingerprint density at radius 2 is 2.36 bits per heavy atom. The van der Waals surface area contributed by atoms with Crippen LogP contribution in [0.15, 0.2) is 18.5 Å². The van der Waals surface area contributed by atoms with Crippen molar-refractivity contribution in [3.63, 3.8) is 0 Å². The van der Waals surface area contributed by atoms with Crippen LogP contribution >= 0.6 is 11.5 Å². The molecule has 0 bridgehead atoms. The number of anilines is 1. The molecule has 0 spiro atoms. The summed E-state index contributed by atoms with van der Waals surface area (Å²) >= 11 is 1.35. The van der Waals surface area contributed by atoms with Gasteiger partial charge in [-0.05, 0) is 36.9 Å². The van der Waals surface area contributed by atoms with E-state index in [4.69, 9.17) is 5.26 Å². The van der Waals surface area contributed by atoms with Crippen LogP contribution in [0.4, 0.5) is 5.69 Å². The molecule has 3 aromatic rings. The fourth-order valence-corrected chi connectivity index (χ4v) is 4.46. The van der Waals surface area contributed by atoms with Crippen molar-refractivity contribution in [1.82, 2.24) is 24.2 Å². The van der Waals surface area contributed by atoms with Gasteiger partial charge in [0.25, 0.3) is 0 Å². The van der Waals surface area contributed by atoms with E-state index in [1.165, 1.54) is 11.5 Å². The van der Waals surface area contributed by atoms with E-state index in [1.807, 2.05) is 31.5 Å². The number of aryl methyl sites for hydroxylation is 1. The molecule has 144 valence electrons. The van der Waals surface area contributed by atoms with E-state index in [2.05, 4.69) is 31.6 Å². The number of hydrogen-bond donors (Lipinski definition) is 2. The smallest absolute Gasteiger partial charge is 0.236 e. The Bertz CT molecular complexity index is 1050. The van der Waals surface area contributed by atoms with Crippen molar-refractivity contribution in [1.29, 1.82) is 5.26 Å². The zero-order chi connectivity index (χ0) is 19.7. The summed E-state index contributed by atoms with van der Waals surface area (Å²) in [7, 11) is 0. The molecular weight excluding hydrogens is 374 g/mol. The van der Waals surface area contributed by atoms with Crippen molar-refractivity contribution in [2.75, 3.05) is 18.4 Å². The van der Waals surface area contributed by atoms with Gasteiger partial charge >= 0.3 is 0 Å². The molecule has 4 heterocycles. The van der Waals surface area contributed by atoms with Crippen LogP contribution < -0.4 is 5.32 Å². The van der Waals surface area contributed by atoms with Gasteiger partial charge in [0.15, 0.2) is 0 Å². The van der Waals surface area contributed by atoms with E-state index < -0.39 is 0 Å². The Hall–Kier alpha value is -2.99. The van der Waals surface area contributed by atoms with E-state index in [9.17, 15) is 4.79 Å². The molecule has 0 saturated carbocycles. The Morgan fingerprint density at radius 3 is 3.11 bits per heavy atom. The first-order valence-corrected chi connectivity index (χ1v) is 10.0. The summed E-state index contributed by atoms with van der Waals surface area (Å²) in [6.07, 6.45) is 4.54. The second kappa shape index (κ2) is 7.56. The van der Waals surface area contributed by atoms with Gasteiger partial charge in [0, 0.05) is 36.9 Å². The number of pyridine rings is 1. The van der Waals surface area contributed by atoms with Crippen molar-refractivity contribution in [3.05, 3.63) is 24.3 Å². The van der Waals surface area contributed by atoms with Gasteiger partial charge in [-0.3, -0.25) is 4.79 Å². The highest BCUT2D eigenvalue weighted by atomic mass is 32.1. The number of aromatic amines is 1. The Morgan fingerprint density at radius 1 is 1.50 bits per heavy atom. The van der Waals surface area contributed by atoms with Crippen LogP contribution in [-0.4, -0.2) is 49.3 Å². The zero-order valence-corrected chi connectivity index (χ0v) is 16.6. The number of likely N-dealkylation sites (tertiary alicyclic amines) is 1. The van der Waals surface area contributed by atoms with E-state index in [1.54, 1.807) is 4.90 Å². The molecule has 4 rings (SSSR count). The number of nitriles is 1. The molecular formula is C19H21N7OS. The van der Waals surface area contributed by atoms with Gasteiger partial charge in [-0.25, -0.2) is 9.97 Å². The average Bonchev–Trinajstić information content (AvgIpc) is 3.30. The molecule has 0 unspecified atom stereocenters. The van der Waals surface area contributed by atoms with Crippen molar-refractivity contribution in [2.45, 2.75) is 32.7 Å². The summed E-state index contributed by atoms with van der Waals surface area (Å²) in [6, 6.07) is 4.04. The van der Waals surface area contributed by atoms with Gasteiger partial charge in [-0.15, -0.1) is 0 Å². The summed E-state index contributed by atoms with van der Waals surface area (Å²) in [4.78, 5) is 26.2. The lowest BCUT2D eigenvalue weighted by atomic mass is 9.95. The second-order valence-electron chi connectivity index (χ2n) is 7.25. The molecule has 0 aromatic carbocycles. The first-order valence-electron chi connectivity index (χ1n) is 9.23. The van der Waals surface area contributed by atoms with Crippen molar-refractivity contribution < 1.29 is 4.79 Å². The third kappa shape index (κ3) is 3.55. The molecule has 1 aliphatic rings. The number of nitrogens with zero attached hydrogens (tertiary/aromatic N) is 5. The van der Waals surface area contributed by atoms with Gasteiger partial charge in [-0.2, -0.15) is 9.64 Å². The number of H-pyrrole nitrogens is 1. The zero-order valence-electron chi connectivity index (χ0n) is 15.8. The first kappa shape index (κ1) is 18.4. The van der Waals surface area contributed by atoms with Crippen molar-refractivity contribution >= 4 is 34.2 Å². The summed E-state index contributed by atoms with van der Waals surface area (Å²) in [6.45, 7) is 5.27. The van der Waals surface area contributed by atoms with Gasteiger partial charge in [0.2, 0.25) is 5.91 Å². The first-order chi connectivity index (χ1) is 13.5. The van der Waals surface area contributed by atoms with E-state index in [0.29, 0.717) is 19.0 Å². The Labute approximate surface area is 166 Å². The van der Waals surface area contributed by atoms with Crippen LogP contribution in [0.1, 0.15) is 25.6 Å². The quantitative estimate of drug-likeness (QED) is 0.703. The van der Waals surface area contributed by atoms with Crippen LogP contribution in [0.3, 0.4) is 0 Å². The van der Waals surface area contributed by atoms with Gasteiger partial charge in [0.05, 0.1) is 17.3 Å². The van der Waals surface area contributed by atoms with Crippen molar-refractivity contribution in [2.24, 2.45) is 5.92 Å². The minimum absolute atomic E-state index is 0.0773. The molecule has 1 saturated heterocycles. The summed E-state index contributed by atoms with van der Waals surface area (Å²) in [5.74, 6) is 0.978. The lowest BCUT2D eigenvalue weighted by Crippen LogP contribution is -2.48. The predicted octanol–water partition coefficient (Wildman–Crippen LogP) is 2.95.